The lowest BCUT2D eigenvalue weighted by atomic mass is 9.92. The van der Waals surface area contributed by atoms with E-state index in [1.165, 1.54) is 0 Å². The van der Waals surface area contributed by atoms with Crippen molar-refractivity contribution in [3.05, 3.63) is 29.8 Å². The zero-order chi connectivity index (χ0) is 13.8. The minimum Gasteiger partial charge on any atom is -0.372 e. The second kappa shape index (κ2) is 6.17. The van der Waals surface area contributed by atoms with Gasteiger partial charge in [-0.1, -0.05) is 12.1 Å². The predicted octanol–water partition coefficient (Wildman–Crippen LogP) is 2.53. The van der Waals surface area contributed by atoms with Crippen molar-refractivity contribution in [2.24, 2.45) is 5.90 Å². The van der Waals surface area contributed by atoms with E-state index in [1.54, 1.807) is 6.92 Å². The molecule has 1 fully saturated rings. The average molecular weight is 262 g/mol. The van der Waals surface area contributed by atoms with E-state index in [9.17, 15) is 4.79 Å². The van der Waals surface area contributed by atoms with Crippen LogP contribution in [0.1, 0.15) is 43.0 Å². The molecule has 0 bridgehead atoms. The Morgan fingerprint density at radius 3 is 2.58 bits per heavy atom. The topological polar surface area (TPSA) is 55.6 Å². The van der Waals surface area contributed by atoms with Crippen molar-refractivity contribution < 1.29 is 9.63 Å². The van der Waals surface area contributed by atoms with Crippen LogP contribution in [0.25, 0.3) is 0 Å². The number of benzene rings is 1. The molecule has 1 aliphatic rings. The van der Waals surface area contributed by atoms with Gasteiger partial charge in [0.25, 0.3) is 0 Å². The summed E-state index contributed by atoms with van der Waals surface area (Å²) in [5.74, 6) is 5.34. The first kappa shape index (κ1) is 14.0. The van der Waals surface area contributed by atoms with Crippen molar-refractivity contribution in [1.82, 2.24) is 0 Å². The van der Waals surface area contributed by atoms with Crippen LogP contribution in [0.5, 0.6) is 0 Å². The fourth-order valence-electron chi connectivity index (χ4n) is 2.72. The maximum absolute atomic E-state index is 11.4. The Labute approximate surface area is 114 Å². The van der Waals surface area contributed by atoms with E-state index in [0.29, 0.717) is 6.04 Å². The number of nitrogens with zero attached hydrogens (tertiary/aromatic N) is 1. The second-order valence-corrected chi connectivity index (χ2v) is 5.28. The zero-order valence-electron chi connectivity index (χ0n) is 11.6. The largest absolute Gasteiger partial charge is 0.372 e. The van der Waals surface area contributed by atoms with Gasteiger partial charge in [0, 0.05) is 24.3 Å². The fraction of sp³-hybridized carbons (Fsp3) is 0.533. The Balaban J connectivity index is 2.05. The van der Waals surface area contributed by atoms with Crippen LogP contribution in [0.2, 0.25) is 0 Å². The molecule has 1 aliphatic carbocycles. The monoisotopic (exact) mass is 262 g/mol. The van der Waals surface area contributed by atoms with Crippen molar-refractivity contribution >= 4 is 11.5 Å². The normalized spacial score (nSPS) is 23.1. The molecule has 19 heavy (non-hydrogen) atoms. The van der Waals surface area contributed by atoms with Gasteiger partial charge in [-0.3, -0.25) is 4.79 Å². The quantitative estimate of drug-likeness (QED) is 0.669. The van der Waals surface area contributed by atoms with Gasteiger partial charge >= 0.3 is 0 Å². The molecule has 0 unspecified atom stereocenters. The molecule has 1 saturated carbocycles. The number of hydrogen-bond donors (Lipinski definition) is 1. The molecule has 4 nitrogen and oxygen atoms in total. The Bertz CT molecular complexity index is 440. The van der Waals surface area contributed by atoms with Gasteiger partial charge in [0.2, 0.25) is 0 Å². The molecule has 0 aliphatic heterocycles. The molecular weight excluding hydrogens is 240 g/mol. The van der Waals surface area contributed by atoms with Gasteiger partial charge in [0.1, 0.15) is 0 Å². The summed E-state index contributed by atoms with van der Waals surface area (Å²) in [7, 11) is 2.09. The first-order valence-electron chi connectivity index (χ1n) is 6.81. The van der Waals surface area contributed by atoms with Crippen LogP contribution in [-0.2, 0) is 4.84 Å². The average Bonchev–Trinajstić information content (AvgIpc) is 2.46. The Morgan fingerprint density at radius 2 is 2.00 bits per heavy atom. The number of anilines is 1. The molecule has 0 spiro atoms. The number of carbonyl (C=O) groups excluding carboxylic acids is 1. The minimum absolute atomic E-state index is 0.107. The standard InChI is InChI=1S/C15H22N2O2/c1-11(18)12-4-3-5-14(10-12)17(2)13-6-8-15(19-16)9-7-13/h3-5,10,13,15H,6-9,16H2,1-2H3. The van der Waals surface area contributed by atoms with Gasteiger partial charge in [-0.05, 0) is 44.7 Å². The Morgan fingerprint density at radius 1 is 1.32 bits per heavy atom. The van der Waals surface area contributed by atoms with E-state index in [-0.39, 0.29) is 11.9 Å². The fourth-order valence-corrected chi connectivity index (χ4v) is 2.72. The summed E-state index contributed by atoms with van der Waals surface area (Å²) < 4.78 is 0. The number of Topliss-reactive ketones (excluding diaryl/α,β-unsaturated/α-hetero) is 1. The van der Waals surface area contributed by atoms with E-state index in [4.69, 9.17) is 10.7 Å². The summed E-state index contributed by atoms with van der Waals surface area (Å²) in [5.41, 5.74) is 1.87. The number of nitrogens with two attached hydrogens (primary N) is 1. The predicted molar refractivity (Wildman–Crippen MR) is 76.2 cm³/mol. The van der Waals surface area contributed by atoms with Crippen LogP contribution in [0, 0.1) is 0 Å². The van der Waals surface area contributed by atoms with Crippen molar-refractivity contribution in [2.45, 2.75) is 44.8 Å². The van der Waals surface area contributed by atoms with E-state index in [1.807, 2.05) is 18.2 Å². The van der Waals surface area contributed by atoms with Crippen LogP contribution in [0.4, 0.5) is 5.69 Å². The van der Waals surface area contributed by atoms with E-state index in [0.717, 1.165) is 36.9 Å². The number of hydrogen-bond acceptors (Lipinski definition) is 4. The molecule has 4 heteroatoms. The highest BCUT2D eigenvalue weighted by molar-refractivity contribution is 5.94. The Kier molecular flexibility index (Phi) is 4.56. The summed E-state index contributed by atoms with van der Waals surface area (Å²) in [5, 5.41) is 0. The number of rotatable bonds is 4. The molecule has 1 aromatic rings. The number of carbonyl (C=O) groups is 1. The first-order valence-corrected chi connectivity index (χ1v) is 6.81. The highest BCUT2D eigenvalue weighted by atomic mass is 16.6. The SMILES string of the molecule is CC(=O)c1cccc(N(C)C2CCC(ON)CC2)c1. The van der Waals surface area contributed by atoms with Gasteiger partial charge in [-0.15, -0.1) is 0 Å². The third-order valence-corrected chi connectivity index (χ3v) is 4.04. The van der Waals surface area contributed by atoms with Crippen molar-refractivity contribution in [1.29, 1.82) is 0 Å². The summed E-state index contributed by atoms with van der Waals surface area (Å²) in [6.45, 7) is 1.60. The summed E-state index contributed by atoms with van der Waals surface area (Å²) in [4.78, 5) is 18.6. The molecule has 0 aromatic heterocycles. The first-order chi connectivity index (χ1) is 9.11. The van der Waals surface area contributed by atoms with Crippen LogP contribution < -0.4 is 10.8 Å². The van der Waals surface area contributed by atoms with E-state index < -0.39 is 0 Å². The summed E-state index contributed by atoms with van der Waals surface area (Å²) in [6, 6.07) is 8.32. The number of ketones is 1. The Hall–Kier alpha value is -1.39. The lowest BCUT2D eigenvalue weighted by Gasteiger charge is -2.35. The van der Waals surface area contributed by atoms with E-state index >= 15 is 0 Å². The molecule has 1 aromatic carbocycles. The van der Waals surface area contributed by atoms with Crippen LogP contribution >= 0.6 is 0 Å². The van der Waals surface area contributed by atoms with Gasteiger partial charge in [-0.25, -0.2) is 5.90 Å². The van der Waals surface area contributed by atoms with Gasteiger partial charge in [0.05, 0.1) is 6.10 Å². The summed E-state index contributed by atoms with van der Waals surface area (Å²) in [6.07, 6.45) is 4.34. The molecule has 2 rings (SSSR count). The smallest absolute Gasteiger partial charge is 0.159 e. The highest BCUT2D eigenvalue weighted by Crippen LogP contribution is 2.27. The zero-order valence-corrected chi connectivity index (χ0v) is 11.6. The molecule has 0 heterocycles. The molecule has 104 valence electrons. The van der Waals surface area contributed by atoms with Gasteiger partial charge in [0.15, 0.2) is 5.78 Å². The van der Waals surface area contributed by atoms with E-state index in [2.05, 4.69) is 18.0 Å². The van der Waals surface area contributed by atoms with Gasteiger partial charge in [-0.2, -0.15) is 0 Å². The van der Waals surface area contributed by atoms with Crippen LogP contribution in [-0.4, -0.2) is 25.0 Å². The molecule has 0 amide bonds. The molecule has 2 N–H and O–H groups in total. The molecule has 0 atom stereocenters. The second-order valence-electron chi connectivity index (χ2n) is 5.28. The third kappa shape index (κ3) is 3.33. The molecule has 0 saturated heterocycles. The van der Waals surface area contributed by atoms with Crippen molar-refractivity contribution in [3.63, 3.8) is 0 Å². The third-order valence-electron chi connectivity index (χ3n) is 4.04. The lowest BCUT2D eigenvalue weighted by Crippen LogP contribution is -2.37. The molecular formula is C15H22N2O2. The van der Waals surface area contributed by atoms with Crippen LogP contribution in [0.15, 0.2) is 24.3 Å². The van der Waals surface area contributed by atoms with Crippen molar-refractivity contribution in [3.8, 4) is 0 Å². The van der Waals surface area contributed by atoms with Crippen LogP contribution in [0.3, 0.4) is 0 Å². The summed E-state index contributed by atoms with van der Waals surface area (Å²) >= 11 is 0. The van der Waals surface area contributed by atoms with Gasteiger partial charge < -0.3 is 9.74 Å². The maximum atomic E-state index is 11.4. The molecule has 0 radical (unpaired) electrons. The lowest BCUT2D eigenvalue weighted by molar-refractivity contribution is 0.0243. The minimum atomic E-state index is 0.107. The van der Waals surface area contributed by atoms with Crippen molar-refractivity contribution in [2.75, 3.05) is 11.9 Å². The highest BCUT2D eigenvalue weighted by Gasteiger charge is 2.24. The maximum Gasteiger partial charge on any atom is 0.159 e.